The summed E-state index contributed by atoms with van der Waals surface area (Å²) in [6.07, 6.45) is 6.17. The molecule has 48 heavy (non-hydrogen) atoms. The fourth-order valence-electron chi connectivity index (χ4n) is 4.76. The lowest BCUT2D eigenvalue weighted by molar-refractivity contribution is -0.0568. The maximum atomic E-state index is 13.3. The van der Waals surface area contributed by atoms with Crippen molar-refractivity contribution in [3.63, 3.8) is 0 Å². The highest BCUT2D eigenvalue weighted by atomic mass is 32.2. The van der Waals surface area contributed by atoms with E-state index in [1.807, 2.05) is 24.3 Å². The third-order valence-corrected chi connectivity index (χ3v) is 8.55. The molecule has 1 N–H and O–H groups in total. The summed E-state index contributed by atoms with van der Waals surface area (Å²) in [6, 6.07) is 22.5. The van der Waals surface area contributed by atoms with Crippen LogP contribution in [0.5, 0.6) is 0 Å². The fourth-order valence-corrected chi connectivity index (χ4v) is 5.28. The van der Waals surface area contributed by atoms with Crippen LogP contribution in [0.25, 0.3) is 0 Å². The summed E-state index contributed by atoms with van der Waals surface area (Å²) in [5, 5.41) is 2.28. The molecule has 0 radical (unpaired) electrons. The molecule has 0 aliphatic heterocycles. The number of halogens is 3. The highest BCUT2D eigenvalue weighted by Crippen LogP contribution is 2.27. The average Bonchev–Trinajstić information content (AvgIpc) is 3.07. The van der Waals surface area contributed by atoms with Crippen LogP contribution >= 0.6 is 0 Å². The summed E-state index contributed by atoms with van der Waals surface area (Å²) in [5.41, 5.74) is -5.96. The SMILES string of the molecule is CCCCCCCCc1ccc(CCC(COC(=O)c2ccccc2)(COS(=O)(=O)C(F)(F)F)NC(=O)OC(=O)c2ccccc2)cc1. The van der Waals surface area contributed by atoms with Gasteiger partial charge in [-0.15, -0.1) is 0 Å². The lowest BCUT2D eigenvalue weighted by atomic mass is 9.92. The molecule has 0 fully saturated rings. The quantitative estimate of drug-likeness (QED) is 0.0477. The number of alkyl carbamates (subject to hydrolysis) is 1. The topological polar surface area (TPSA) is 125 Å². The number of hydrogen-bond donors (Lipinski definition) is 1. The number of carbonyl (C=O) groups is 3. The number of esters is 2. The second-order valence-electron chi connectivity index (χ2n) is 11.4. The minimum Gasteiger partial charge on any atom is -0.460 e. The van der Waals surface area contributed by atoms with E-state index in [4.69, 9.17) is 9.47 Å². The van der Waals surface area contributed by atoms with E-state index in [1.54, 1.807) is 24.3 Å². The minimum atomic E-state index is -6.13. The van der Waals surface area contributed by atoms with Crippen molar-refractivity contribution >= 4 is 28.1 Å². The highest BCUT2D eigenvalue weighted by Gasteiger charge is 2.49. The maximum Gasteiger partial charge on any atom is 0.523 e. The standard InChI is InChI=1S/C35H40F3NO8S/c1-2-3-4-5-6-9-14-27-19-21-28(22-20-27)23-24-34(26-46-48(43,44)35(36,37)38,25-45-31(40)29-15-10-7-11-16-29)39-33(42)47-32(41)30-17-12-8-13-18-30/h7-8,10-13,15-22H,2-6,9,14,23-26H2,1H3,(H,39,42). The van der Waals surface area contributed by atoms with Crippen LogP contribution in [0.1, 0.15) is 83.7 Å². The number of carbonyl (C=O) groups excluding carboxylic acids is 3. The average molecular weight is 692 g/mol. The van der Waals surface area contributed by atoms with Gasteiger partial charge in [-0.3, -0.25) is 4.18 Å². The Morgan fingerprint density at radius 2 is 1.21 bits per heavy atom. The van der Waals surface area contributed by atoms with Crippen molar-refractivity contribution in [3.05, 3.63) is 107 Å². The molecule has 1 atom stereocenters. The molecule has 260 valence electrons. The summed E-state index contributed by atoms with van der Waals surface area (Å²) in [7, 11) is -6.13. The molecular formula is C35H40F3NO8S. The van der Waals surface area contributed by atoms with E-state index < -0.39 is 52.4 Å². The van der Waals surface area contributed by atoms with Crippen LogP contribution in [0.15, 0.2) is 84.9 Å². The van der Waals surface area contributed by atoms with Gasteiger partial charge in [-0.25, -0.2) is 14.4 Å². The number of hydrogen-bond acceptors (Lipinski definition) is 8. The van der Waals surface area contributed by atoms with Crippen molar-refractivity contribution < 1.29 is 49.6 Å². The van der Waals surface area contributed by atoms with Crippen LogP contribution in [-0.2, 0) is 36.6 Å². The van der Waals surface area contributed by atoms with Crippen LogP contribution in [0.2, 0.25) is 0 Å². The van der Waals surface area contributed by atoms with E-state index in [0.717, 1.165) is 24.8 Å². The largest absolute Gasteiger partial charge is 0.523 e. The summed E-state index contributed by atoms with van der Waals surface area (Å²) in [5.74, 6) is -1.97. The van der Waals surface area contributed by atoms with E-state index in [-0.39, 0.29) is 24.0 Å². The smallest absolute Gasteiger partial charge is 0.460 e. The van der Waals surface area contributed by atoms with Gasteiger partial charge in [-0.1, -0.05) is 99.7 Å². The number of unbranched alkanes of at least 4 members (excludes halogenated alkanes) is 5. The number of benzene rings is 3. The molecule has 13 heteroatoms. The normalized spacial score (nSPS) is 12.9. The zero-order valence-electron chi connectivity index (χ0n) is 26.7. The fraction of sp³-hybridized carbons (Fsp3) is 0.400. The molecule has 3 rings (SSSR count). The molecule has 0 bridgehead atoms. The Bertz CT molecular complexity index is 1570. The number of alkyl halides is 3. The van der Waals surface area contributed by atoms with Crippen molar-refractivity contribution in [1.82, 2.24) is 5.32 Å². The third kappa shape index (κ3) is 12.4. The molecule has 9 nitrogen and oxygen atoms in total. The van der Waals surface area contributed by atoms with Gasteiger partial charge in [-0.2, -0.15) is 21.6 Å². The van der Waals surface area contributed by atoms with E-state index in [0.29, 0.717) is 5.56 Å². The predicted octanol–water partition coefficient (Wildman–Crippen LogP) is 7.55. The molecule has 3 aromatic carbocycles. The van der Waals surface area contributed by atoms with Gasteiger partial charge in [0.1, 0.15) is 12.1 Å². The Hall–Kier alpha value is -4.23. The zero-order chi connectivity index (χ0) is 35.0. The second kappa shape index (κ2) is 18.3. The number of nitrogens with one attached hydrogen (secondary N) is 1. The molecular weight excluding hydrogens is 651 g/mol. The Kier molecular flexibility index (Phi) is 14.6. The van der Waals surface area contributed by atoms with Gasteiger partial charge in [0.25, 0.3) is 0 Å². The molecule has 0 aromatic heterocycles. The molecule has 0 aliphatic carbocycles. The number of aryl methyl sites for hydroxylation is 2. The molecule has 3 aromatic rings. The third-order valence-electron chi connectivity index (χ3n) is 7.56. The summed E-state index contributed by atoms with van der Waals surface area (Å²) >= 11 is 0. The molecule has 1 amide bonds. The molecule has 0 heterocycles. The first kappa shape index (κ1) is 38.2. The summed E-state index contributed by atoms with van der Waals surface area (Å²) in [6.45, 7) is 0.0511. The second-order valence-corrected chi connectivity index (χ2v) is 13.0. The monoisotopic (exact) mass is 691 g/mol. The zero-order valence-corrected chi connectivity index (χ0v) is 27.5. The number of amides is 1. The van der Waals surface area contributed by atoms with Gasteiger partial charge in [0, 0.05) is 0 Å². The Labute approximate surface area is 278 Å². The Balaban J connectivity index is 1.84. The first-order valence-corrected chi connectivity index (χ1v) is 17.1. The first-order valence-electron chi connectivity index (χ1n) is 15.7. The number of rotatable bonds is 18. The van der Waals surface area contributed by atoms with E-state index in [2.05, 4.69) is 16.4 Å². The first-order chi connectivity index (χ1) is 22.8. The van der Waals surface area contributed by atoms with Crippen LogP contribution in [0.3, 0.4) is 0 Å². The van der Waals surface area contributed by atoms with Crippen LogP contribution in [0.4, 0.5) is 18.0 Å². The molecule has 1 unspecified atom stereocenters. The molecule has 0 spiro atoms. The van der Waals surface area contributed by atoms with E-state index in [1.165, 1.54) is 62.1 Å². The van der Waals surface area contributed by atoms with Crippen LogP contribution in [-0.4, -0.2) is 50.7 Å². The van der Waals surface area contributed by atoms with Gasteiger partial charge in [0.2, 0.25) is 0 Å². The predicted molar refractivity (Wildman–Crippen MR) is 173 cm³/mol. The highest BCUT2D eigenvalue weighted by molar-refractivity contribution is 7.87. The molecule has 0 aliphatic rings. The van der Waals surface area contributed by atoms with Crippen molar-refractivity contribution in [2.24, 2.45) is 0 Å². The summed E-state index contributed by atoms with van der Waals surface area (Å²) < 4.78 is 78.3. The Morgan fingerprint density at radius 1 is 0.688 bits per heavy atom. The molecule has 0 saturated heterocycles. The van der Waals surface area contributed by atoms with Gasteiger partial charge in [0.05, 0.1) is 17.7 Å². The van der Waals surface area contributed by atoms with Crippen molar-refractivity contribution in [1.29, 1.82) is 0 Å². The molecule has 0 saturated carbocycles. The van der Waals surface area contributed by atoms with Gasteiger partial charge >= 0.3 is 33.7 Å². The summed E-state index contributed by atoms with van der Waals surface area (Å²) in [4.78, 5) is 38.4. The Morgan fingerprint density at radius 3 is 1.77 bits per heavy atom. The van der Waals surface area contributed by atoms with E-state index in [9.17, 15) is 36.0 Å². The number of ether oxygens (including phenoxy) is 2. The van der Waals surface area contributed by atoms with Crippen molar-refractivity contribution in [2.45, 2.75) is 75.8 Å². The van der Waals surface area contributed by atoms with Gasteiger partial charge in [0.15, 0.2) is 0 Å². The van der Waals surface area contributed by atoms with Gasteiger partial charge < -0.3 is 14.8 Å². The van der Waals surface area contributed by atoms with E-state index >= 15 is 0 Å². The van der Waals surface area contributed by atoms with Crippen molar-refractivity contribution in [2.75, 3.05) is 13.2 Å². The lowest BCUT2D eigenvalue weighted by Gasteiger charge is -2.33. The van der Waals surface area contributed by atoms with Gasteiger partial charge in [-0.05, 0) is 61.1 Å². The minimum absolute atomic E-state index is 0.00528. The van der Waals surface area contributed by atoms with Crippen LogP contribution < -0.4 is 5.32 Å². The van der Waals surface area contributed by atoms with Crippen molar-refractivity contribution in [3.8, 4) is 0 Å². The van der Waals surface area contributed by atoms with Crippen LogP contribution in [0, 0.1) is 0 Å². The maximum absolute atomic E-state index is 13.3. The lowest BCUT2D eigenvalue weighted by Crippen LogP contribution is -2.57.